The third-order valence-corrected chi connectivity index (χ3v) is 15.6. The first kappa shape index (κ1) is 45.7. The summed E-state index contributed by atoms with van der Waals surface area (Å²) in [4.78, 5) is 0. The van der Waals surface area contributed by atoms with Crippen molar-refractivity contribution in [2.24, 2.45) is 0 Å². The lowest BCUT2D eigenvalue weighted by Crippen LogP contribution is -1.96. The highest BCUT2D eigenvalue weighted by atomic mass is 14.3. The van der Waals surface area contributed by atoms with Crippen LogP contribution in [0.25, 0.3) is 144 Å². The molecule has 0 saturated heterocycles. The van der Waals surface area contributed by atoms with Gasteiger partial charge in [0, 0.05) is 0 Å². The molecule has 0 atom stereocenters. The monoisotopic (exact) mass is 976 g/mol. The van der Waals surface area contributed by atoms with Crippen LogP contribution in [-0.2, 0) is 0 Å². The van der Waals surface area contributed by atoms with E-state index in [4.69, 9.17) is 0 Å². The van der Waals surface area contributed by atoms with Gasteiger partial charge in [-0.15, -0.1) is 0 Å². The molecule has 0 heteroatoms. The maximum absolute atomic E-state index is 2.50. The Bertz CT molecular complexity index is 4110. The van der Waals surface area contributed by atoms with Crippen LogP contribution in [0.2, 0.25) is 0 Å². The summed E-state index contributed by atoms with van der Waals surface area (Å²) in [5, 5.41) is 7.46. The van der Waals surface area contributed by atoms with E-state index in [0.717, 1.165) is 0 Å². The lowest BCUT2D eigenvalue weighted by Gasteiger charge is -2.23. The van der Waals surface area contributed by atoms with Gasteiger partial charge in [0.1, 0.15) is 0 Å². The second-order valence-electron chi connectivity index (χ2n) is 20.5. The van der Waals surface area contributed by atoms with Gasteiger partial charge >= 0.3 is 0 Å². The van der Waals surface area contributed by atoms with Crippen LogP contribution in [0.3, 0.4) is 0 Å². The zero-order valence-corrected chi connectivity index (χ0v) is 42.8. The van der Waals surface area contributed by atoms with E-state index in [1.54, 1.807) is 0 Å². The maximum atomic E-state index is 2.50. The van der Waals surface area contributed by atoms with E-state index in [1.165, 1.54) is 149 Å². The molecule has 0 radical (unpaired) electrons. The minimum absolute atomic E-state index is 1.17. The van der Waals surface area contributed by atoms with Gasteiger partial charge in [-0.2, -0.15) is 0 Å². The zero-order chi connectivity index (χ0) is 51.2. The van der Waals surface area contributed by atoms with Crippen LogP contribution in [0.1, 0.15) is 5.56 Å². The summed E-state index contributed by atoms with van der Waals surface area (Å²) in [7, 11) is 0. The smallest absolute Gasteiger partial charge is 0.00139 e. The number of rotatable bonds is 10. The average Bonchev–Trinajstić information content (AvgIpc) is 3.53. The van der Waals surface area contributed by atoms with Gasteiger partial charge in [0.05, 0.1) is 0 Å². The molecule has 14 aromatic rings. The van der Waals surface area contributed by atoms with Gasteiger partial charge in [-0.1, -0.05) is 236 Å². The lowest BCUT2D eigenvalue weighted by molar-refractivity contribution is 1.47. The summed E-state index contributed by atoms with van der Waals surface area (Å²) in [6, 6.07) is 110. The second-order valence-corrected chi connectivity index (χ2v) is 20.5. The van der Waals surface area contributed by atoms with Crippen molar-refractivity contribution in [3.63, 3.8) is 0 Å². The molecule has 0 nitrogen and oxygen atoms in total. The van der Waals surface area contributed by atoms with Crippen LogP contribution in [0.4, 0.5) is 0 Å². The molecule has 0 aromatic heterocycles. The van der Waals surface area contributed by atoms with Gasteiger partial charge in [0.2, 0.25) is 0 Å². The quantitative estimate of drug-likeness (QED) is 0.120. The Hall–Kier alpha value is -9.88. The standard InChI is InChI=1S/C77H52/c1-51-32-34-58(35-33-51)72-49-73(65-43-59(52-20-8-2-9-21-52)40-60(44-65)53-22-10-3-11-23-53)69-38-39-71-75(67-47-63(56-28-16-6-17-29-56)42-64(48-67)57-30-18-7-19-31-57)50-74(70-37-36-68(72)76(69)77(70)71)66-45-61(54-24-12-4-13-25-54)41-62(46-66)55-26-14-5-15-27-55/h2-50H,1H3. The molecule has 0 aliphatic heterocycles. The SMILES string of the molecule is Cc1ccc(-c2cc(-c3cc(-c4ccccc4)cc(-c4ccccc4)c3)c3ccc4c(-c5cc(-c6ccccc6)cc(-c6ccccc6)c5)cc(-c5cc(-c6ccccc6)cc(-c6ccccc6)c5)c5ccc2c3c54)cc1. The molecule has 0 saturated carbocycles. The van der Waals surface area contributed by atoms with Crippen molar-refractivity contribution in [3.8, 4) is 111 Å². The van der Waals surface area contributed by atoms with E-state index >= 15 is 0 Å². The van der Waals surface area contributed by atoms with Gasteiger partial charge in [-0.25, -0.2) is 0 Å². The van der Waals surface area contributed by atoms with Crippen LogP contribution in [0, 0.1) is 6.92 Å². The Morgan fingerprint density at radius 3 is 0.597 bits per heavy atom. The lowest BCUT2D eigenvalue weighted by atomic mass is 9.80. The fraction of sp³-hybridized carbons (Fsp3) is 0.0130. The van der Waals surface area contributed by atoms with Crippen molar-refractivity contribution < 1.29 is 0 Å². The fourth-order valence-electron chi connectivity index (χ4n) is 11.8. The average molecular weight is 977 g/mol. The first-order chi connectivity index (χ1) is 38.1. The molecule has 0 bridgehead atoms. The predicted octanol–water partition coefficient (Wildman–Crippen LogP) is 21.6. The summed E-state index contributed by atoms with van der Waals surface area (Å²) >= 11 is 0. The Balaban J connectivity index is 1.13. The van der Waals surface area contributed by atoms with Gasteiger partial charge in [0.15, 0.2) is 0 Å². The van der Waals surface area contributed by atoms with E-state index in [1.807, 2.05) is 0 Å². The summed E-state index contributed by atoms with van der Waals surface area (Å²) in [6.45, 7) is 2.18. The Morgan fingerprint density at radius 2 is 0.364 bits per heavy atom. The summed E-state index contributed by atoms with van der Waals surface area (Å²) in [5.74, 6) is 0. The summed E-state index contributed by atoms with van der Waals surface area (Å²) in [6.07, 6.45) is 0. The normalized spacial score (nSPS) is 11.4. The third-order valence-electron chi connectivity index (χ3n) is 15.6. The van der Waals surface area contributed by atoms with Crippen LogP contribution in [0.5, 0.6) is 0 Å². The predicted molar refractivity (Wildman–Crippen MR) is 329 cm³/mol. The van der Waals surface area contributed by atoms with Crippen molar-refractivity contribution in [3.05, 3.63) is 303 Å². The Morgan fingerprint density at radius 1 is 0.156 bits per heavy atom. The number of benzene rings is 14. The van der Waals surface area contributed by atoms with Crippen LogP contribution in [0.15, 0.2) is 297 Å². The molecule has 0 aliphatic carbocycles. The molecule has 0 spiro atoms. The fourth-order valence-corrected chi connectivity index (χ4v) is 11.8. The zero-order valence-electron chi connectivity index (χ0n) is 42.8. The van der Waals surface area contributed by atoms with E-state index in [0.29, 0.717) is 0 Å². The van der Waals surface area contributed by atoms with Crippen molar-refractivity contribution in [2.45, 2.75) is 6.92 Å². The molecule has 0 heterocycles. The van der Waals surface area contributed by atoms with E-state index in [-0.39, 0.29) is 0 Å². The molecule has 0 unspecified atom stereocenters. The highest BCUT2D eigenvalue weighted by Gasteiger charge is 2.23. The molecular formula is C77H52. The van der Waals surface area contributed by atoms with Gasteiger partial charge in [-0.05, 0) is 217 Å². The summed E-state index contributed by atoms with van der Waals surface area (Å²) < 4.78 is 0. The van der Waals surface area contributed by atoms with Gasteiger partial charge in [-0.3, -0.25) is 0 Å². The summed E-state index contributed by atoms with van der Waals surface area (Å²) in [5.41, 5.74) is 25.0. The largest absolute Gasteiger partial charge is 0.0622 e. The Kier molecular flexibility index (Phi) is 11.5. The van der Waals surface area contributed by atoms with Gasteiger partial charge < -0.3 is 0 Å². The molecule has 14 rings (SSSR count). The van der Waals surface area contributed by atoms with Crippen LogP contribution in [-0.4, -0.2) is 0 Å². The molecule has 0 amide bonds. The first-order valence-electron chi connectivity index (χ1n) is 26.7. The van der Waals surface area contributed by atoms with Crippen LogP contribution < -0.4 is 0 Å². The number of hydrogen-bond acceptors (Lipinski definition) is 0. The van der Waals surface area contributed by atoms with E-state index in [2.05, 4.69) is 304 Å². The molecular weight excluding hydrogens is 925 g/mol. The number of aryl methyl sites for hydroxylation is 1. The Labute approximate surface area is 450 Å². The minimum Gasteiger partial charge on any atom is -0.0622 e. The topological polar surface area (TPSA) is 0 Å². The van der Waals surface area contributed by atoms with E-state index in [9.17, 15) is 0 Å². The third kappa shape index (κ3) is 8.57. The van der Waals surface area contributed by atoms with Crippen LogP contribution >= 0.6 is 0 Å². The minimum atomic E-state index is 1.17. The second kappa shape index (κ2) is 19.4. The maximum Gasteiger partial charge on any atom is -0.00139 e. The molecule has 77 heavy (non-hydrogen) atoms. The molecule has 0 aliphatic rings. The number of hydrogen-bond donors (Lipinski definition) is 0. The molecule has 0 fully saturated rings. The highest BCUT2D eigenvalue weighted by molar-refractivity contribution is 6.32. The highest BCUT2D eigenvalue weighted by Crippen LogP contribution is 2.50. The molecule has 14 aromatic carbocycles. The van der Waals surface area contributed by atoms with Gasteiger partial charge in [0.25, 0.3) is 0 Å². The van der Waals surface area contributed by atoms with Crippen molar-refractivity contribution in [2.75, 3.05) is 0 Å². The van der Waals surface area contributed by atoms with E-state index < -0.39 is 0 Å². The molecule has 0 N–H and O–H groups in total. The van der Waals surface area contributed by atoms with Crippen molar-refractivity contribution in [1.82, 2.24) is 0 Å². The first-order valence-corrected chi connectivity index (χ1v) is 26.7. The van der Waals surface area contributed by atoms with Crippen molar-refractivity contribution >= 4 is 32.3 Å². The molecule has 360 valence electrons. The van der Waals surface area contributed by atoms with Crippen molar-refractivity contribution in [1.29, 1.82) is 0 Å².